The molecule has 2 aromatic rings. The lowest BCUT2D eigenvalue weighted by molar-refractivity contribution is -0.146. The Balaban J connectivity index is 1.74. The summed E-state index contributed by atoms with van der Waals surface area (Å²) < 4.78 is 38.5. The van der Waals surface area contributed by atoms with Crippen molar-refractivity contribution in [2.24, 2.45) is 0 Å². The smallest absolute Gasteiger partial charge is 0.335 e. The SMILES string of the molecule is C[C@H]1CCN(C(=O)CSc2nnc(C(F)(F)F)n2N)c2ccccc2S1. The molecule has 1 amide bonds. The van der Waals surface area contributed by atoms with E-state index in [0.29, 0.717) is 16.5 Å². The molecule has 0 unspecified atom stereocenters. The van der Waals surface area contributed by atoms with E-state index in [1.54, 1.807) is 16.7 Å². The Kier molecular flexibility index (Phi) is 5.37. The monoisotopic (exact) mass is 403 g/mol. The number of thioether (sulfide) groups is 2. The molecule has 6 nitrogen and oxygen atoms in total. The topological polar surface area (TPSA) is 77.0 Å². The first-order valence-corrected chi connectivity index (χ1v) is 9.60. The largest absolute Gasteiger partial charge is 0.453 e. The van der Waals surface area contributed by atoms with Gasteiger partial charge in [-0.2, -0.15) is 13.2 Å². The van der Waals surface area contributed by atoms with E-state index in [9.17, 15) is 18.0 Å². The van der Waals surface area contributed by atoms with Crippen LogP contribution in [0.1, 0.15) is 19.2 Å². The van der Waals surface area contributed by atoms with Gasteiger partial charge in [0.1, 0.15) is 0 Å². The average molecular weight is 403 g/mol. The zero-order valence-electron chi connectivity index (χ0n) is 13.7. The van der Waals surface area contributed by atoms with Crippen LogP contribution in [0.4, 0.5) is 18.9 Å². The van der Waals surface area contributed by atoms with Gasteiger partial charge in [-0.05, 0) is 18.6 Å². The molecule has 140 valence electrons. The summed E-state index contributed by atoms with van der Waals surface area (Å²) in [6, 6.07) is 7.60. The lowest BCUT2D eigenvalue weighted by Crippen LogP contribution is -2.33. The second kappa shape index (κ2) is 7.39. The summed E-state index contributed by atoms with van der Waals surface area (Å²) in [6.45, 7) is 2.65. The van der Waals surface area contributed by atoms with E-state index in [-0.39, 0.29) is 16.8 Å². The second-order valence-corrected chi connectivity index (χ2v) is 8.12. The average Bonchev–Trinajstić information content (AvgIpc) is 2.86. The van der Waals surface area contributed by atoms with Crippen LogP contribution in [0.15, 0.2) is 34.3 Å². The summed E-state index contributed by atoms with van der Waals surface area (Å²) in [4.78, 5) is 15.4. The van der Waals surface area contributed by atoms with Crippen molar-refractivity contribution >= 4 is 35.1 Å². The molecule has 0 saturated carbocycles. The first-order valence-electron chi connectivity index (χ1n) is 7.74. The van der Waals surface area contributed by atoms with Gasteiger partial charge in [0.25, 0.3) is 5.82 Å². The molecule has 1 aliphatic rings. The van der Waals surface area contributed by atoms with Crippen molar-refractivity contribution in [1.29, 1.82) is 0 Å². The maximum Gasteiger partial charge on any atom is 0.453 e. The van der Waals surface area contributed by atoms with Gasteiger partial charge in [0.2, 0.25) is 11.1 Å². The van der Waals surface area contributed by atoms with E-state index >= 15 is 0 Å². The third kappa shape index (κ3) is 3.93. The lowest BCUT2D eigenvalue weighted by atomic mass is 10.2. The van der Waals surface area contributed by atoms with Gasteiger partial charge in [-0.3, -0.25) is 4.79 Å². The number of benzene rings is 1. The van der Waals surface area contributed by atoms with Crippen LogP contribution in [0.3, 0.4) is 0 Å². The van der Waals surface area contributed by atoms with Crippen molar-refractivity contribution in [2.75, 3.05) is 23.0 Å². The molecule has 1 atom stereocenters. The molecule has 0 bridgehead atoms. The number of halogens is 3. The highest BCUT2D eigenvalue weighted by molar-refractivity contribution is 8.00. The zero-order valence-corrected chi connectivity index (χ0v) is 15.4. The lowest BCUT2D eigenvalue weighted by Gasteiger charge is -2.22. The fraction of sp³-hybridized carbons (Fsp3) is 0.400. The molecule has 1 aromatic heterocycles. The molecule has 0 saturated heterocycles. The van der Waals surface area contributed by atoms with Gasteiger partial charge in [0, 0.05) is 16.7 Å². The molecular formula is C15H16F3N5OS2. The van der Waals surface area contributed by atoms with Crippen molar-refractivity contribution in [1.82, 2.24) is 14.9 Å². The van der Waals surface area contributed by atoms with Gasteiger partial charge in [-0.25, -0.2) is 4.68 Å². The number of anilines is 1. The number of nitrogens with zero attached hydrogens (tertiary/aromatic N) is 4. The summed E-state index contributed by atoms with van der Waals surface area (Å²) in [6.07, 6.45) is -3.87. The molecule has 1 aliphatic heterocycles. The first-order chi connectivity index (χ1) is 12.3. The highest BCUT2D eigenvalue weighted by Crippen LogP contribution is 2.37. The van der Waals surface area contributed by atoms with Gasteiger partial charge in [0.15, 0.2) is 0 Å². The molecule has 3 rings (SSSR count). The molecule has 2 heterocycles. The number of nitrogens with two attached hydrogens (primary N) is 1. The summed E-state index contributed by atoms with van der Waals surface area (Å²) in [5, 5.41) is 6.69. The highest BCUT2D eigenvalue weighted by atomic mass is 32.2. The van der Waals surface area contributed by atoms with E-state index in [1.807, 2.05) is 24.3 Å². The Morgan fingerprint density at radius 1 is 1.38 bits per heavy atom. The number of carbonyl (C=O) groups is 1. The van der Waals surface area contributed by atoms with Crippen LogP contribution in [0, 0.1) is 0 Å². The molecule has 0 radical (unpaired) electrons. The third-order valence-electron chi connectivity index (χ3n) is 3.79. The van der Waals surface area contributed by atoms with E-state index in [0.717, 1.165) is 28.8 Å². The van der Waals surface area contributed by atoms with Gasteiger partial charge < -0.3 is 10.7 Å². The van der Waals surface area contributed by atoms with Crippen molar-refractivity contribution in [3.05, 3.63) is 30.1 Å². The third-order valence-corrected chi connectivity index (χ3v) is 5.95. The van der Waals surface area contributed by atoms with Crippen LogP contribution in [0.25, 0.3) is 0 Å². The Labute approximate surface area is 156 Å². The molecule has 0 aliphatic carbocycles. The van der Waals surface area contributed by atoms with Crippen molar-refractivity contribution in [3.8, 4) is 0 Å². The van der Waals surface area contributed by atoms with Crippen LogP contribution < -0.4 is 10.7 Å². The maximum atomic E-state index is 12.7. The quantitative estimate of drug-likeness (QED) is 0.627. The second-order valence-electron chi connectivity index (χ2n) is 5.69. The van der Waals surface area contributed by atoms with Crippen LogP contribution in [0.2, 0.25) is 0 Å². The summed E-state index contributed by atoms with van der Waals surface area (Å²) in [7, 11) is 0. The van der Waals surface area contributed by atoms with Gasteiger partial charge in [0.05, 0.1) is 11.4 Å². The molecule has 0 spiro atoms. The maximum absolute atomic E-state index is 12.7. The Bertz CT molecular complexity index is 811. The van der Waals surface area contributed by atoms with Gasteiger partial charge in [-0.15, -0.1) is 22.0 Å². The van der Waals surface area contributed by atoms with Gasteiger partial charge >= 0.3 is 6.18 Å². The molecule has 26 heavy (non-hydrogen) atoms. The van der Waals surface area contributed by atoms with E-state index in [4.69, 9.17) is 5.84 Å². The Morgan fingerprint density at radius 2 is 2.12 bits per heavy atom. The highest BCUT2D eigenvalue weighted by Gasteiger charge is 2.38. The number of carbonyl (C=O) groups excluding carboxylic acids is 1. The van der Waals surface area contributed by atoms with Crippen LogP contribution in [-0.4, -0.2) is 38.3 Å². The standard InChI is InChI=1S/C15H16F3N5OS2/c1-9-6-7-22(10-4-2-3-5-11(10)26-9)12(24)8-25-14-21-20-13(23(14)19)15(16,17)18/h2-5,9H,6-8,19H2,1H3/t9-/m0/s1. The molecule has 2 N–H and O–H groups in total. The number of amides is 1. The van der Waals surface area contributed by atoms with Crippen molar-refractivity contribution in [2.45, 2.75) is 34.8 Å². The minimum absolute atomic E-state index is 0.0828. The normalized spacial score (nSPS) is 17.7. The number of hydrogen-bond donors (Lipinski definition) is 1. The predicted octanol–water partition coefficient (Wildman–Crippen LogP) is 3.02. The number of aromatic nitrogens is 3. The number of fused-ring (bicyclic) bond motifs is 1. The summed E-state index contributed by atoms with van der Waals surface area (Å²) in [5.41, 5.74) is 0.817. The minimum Gasteiger partial charge on any atom is -0.335 e. The number of hydrogen-bond acceptors (Lipinski definition) is 6. The number of nitrogen functional groups attached to an aromatic ring is 1. The number of rotatable bonds is 3. The number of alkyl halides is 3. The Morgan fingerprint density at radius 3 is 2.81 bits per heavy atom. The van der Waals surface area contributed by atoms with E-state index in [2.05, 4.69) is 17.1 Å². The first kappa shape index (κ1) is 18.9. The van der Waals surface area contributed by atoms with E-state index in [1.165, 1.54) is 0 Å². The van der Waals surface area contributed by atoms with Crippen molar-refractivity contribution in [3.63, 3.8) is 0 Å². The minimum atomic E-state index is -4.69. The fourth-order valence-electron chi connectivity index (χ4n) is 2.52. The van der Waals surface area contributed by atoms with E-state index < -0.39 is 12.0 Å². The fourth-order valence-corrected chi connectivity index (χ4v) is 4.36. The molecule has 11 heteroatoms. The van der Waals surface area contributed by atoms with Crippen molar-refractivity contribution < 1.29 is 18.0 Å². The summed E-state index contributed by atoms with van der Waals surface area (Å²) in [5.74, 6) is 3.81. The Hall–Kier alpha value is -1.88. The van der Waals surface area contributed by atoms with Crippen LogP contribution in [0.5, 0.6) is 0 Å². The zero-order chi connectivity index (χ0) is 18.9. The van der Waals surface area contributed by atoms with Crippen LogP contribution in [-0.2, 0) is 11.0 Å². The predicted molar refractivity (Wildman–Crippen MR) is 94.6 cm³/mol. The summed E-state index contributed by atoms with van der Waals surface area (Å²) >= 11 is 2.54. The molecule has 1 aromatic carbocycles. The van der Waals surface area contributed by atoms with Crippen LogP contribution >= 0.6 is 23.5 Å². The molecule has 0 fully saturated rings. The molecular weight excluding hydrogens is 387 g/mol. The number of para-hydroxylation sites is 1. The van der Waals surface area contributed by atoms with Gasteiger partial charge in [-0.1, -0.05) is 30.8 Å².